The molecule has 0 radical (unpaired) electrons. The largest absolute Gasteiger partial charge is 0.506 e. The predicted octanol–water partition coefficient (Wildman–Crippen LogP) is 6.55. The summed E-state index contributed by atoms with van der Waals surface area (Å²) < 4.78 is 5.59. The number of benzene rings is 1. The number of rotatable bonds is 13. The molecule has 0 aromatic heterocycles. The topological polar surface area (TPSA) is 162 Å². The fraction of sp³-hybridized carbons (Fsp3) is 0.564. The maximum Gasteiger partial charge on any atom is 0.184 e. The van der Waals surface area contributed by atoms with Gasteiger partial charge in [0.25, 0.3) is 0 Å². The van der Waals surface area contributed by atoms with Crippen molar-refractivity contribution < 1.29 is 44.7 Å². The van der Waals surface area contributed by atoms with Crippen LogP contribution in [0.15, 0.2) is 59.7 Å². The highest BCUT2D eigenvalue weighted by Gasteiger charge is 2.74. The van der Waals surface area contributed by atoms with E-state index in [1.54, 1.807) is 47.6 Å². The Balaban J connectivity index is 2.47. The van der Waals surface area contributed by atoms with Crippen molar-refractivity contribution >= 4 is 23.1 Å². The number of phenolic OH excluding ortho intramolecular Hbond substituents is 2. The van der Waals surface area contributed by atoms with Crippen LogP contribution >= 0.6 is 0 Å². The highest BCUT2D eigenvalue weighted by molar-refractivity contribution is 6.41. The summed E-state index contributed by atoms with van der Waals surface area (Å²) in [5.41, 5.74) is -4.46. The first kappa shape index (κ1) is 38.9. The van der Waals surface area contributed by atoms with E-state index in [-0.39, 0.29) is 37.7 Å². The summed E-state index contributed by atoms with van der Waals surface area (Å²) in [6, 6.07) is 3.46. The van der Waals surface area contributed by atoms with Crippen LogP contribution in [0, 0.1) is 28.1 Å². The average molecular weight is 667 g/mol. The van der Waals surface area contributed by atoms with Gasteiger partial charge in [-0.3, -0.25) is 14.4 Å². The van der Waals surface area contributed by atoms with E-state index in [0.717, 1.165) is 17.7 Å². The molecule has 0 aliphatic heterocycles. The van der Waals surface area contributed by atoms with Crippen molar-refractivity contribution in [2.45, 2.75) is 105 Å². The zero-order chi connectivity index (χ0) is 36.7. The lowest BCUT2D eigenvalue weighted by atomic mass is 9.38. The molecule has 1 aromatic carbocycles. The van der Waals surface area contributed by atoms with Crippen LogP contribution in [0.1, 0.15) is 93.1 Å². The van der Waals surface area contributed by atoms with Gasteiger partial charge in [0.2, 0.25) is 0 Å². The van der Waals surface area contributed by atoms with Gasteiger partial charge in [-0.05, 0) is 109 Å². The number of ether oxygens (including phenoxy) is 1. The Morgan fingerprint density at radius 3 is 2.12 bits per heavy atom. The summed E-state index contributed by atoms with van der Waals surface area (Å²) in [7, 11) is 1.49. The molecule has 2 bridgehead atoms. The summed E-state index contributed by atoms with van der Waals surface area (Å²) in [4.78, 5) is 45.4. The molecule has 2 fully saturated rings. The van der Waals surface area contributed by atoms with Crippen LogP contribution < -0.4 is 0 Å². The molecular weight excluding hydrogens is 612 g/mol. The van der Waals surface area contributed by atoms with Crippen LogP contribution in [0.5, 0.6) is 11.5 Å². The van der Waals surface area contributed by atoms with Gasteiger partial charge < -0.3 is 30.3 Å². The molecule has 1 aromatic rings. The summed E-state index contributed by atoms with van der Waals surface area (Å²) in [5, 5.41) is 54.2. The van der Waals surface area contributed by atoms with Gasteiger partial charge in [-0.15, -0.1) is 0 Å². The van der Waals surface area contributed by atoms with Crippen molar-refractivity contribution in [3.8, 4) is 11.5 Å². The van der Waals surface area contributed by atoms with Crippen LogP contribution in [-0.4, -0.2) is 67.8 Å². The minimum absolute atomic E-state index is 0.0388. The molecule has 264 valence electrons. The molecule has 9 nitrogen and oxygen atoms in total. The zero-order valence-corrected chi connectivity index (χ0v) is 29.9. The molecule has 0 heterocycles. The molecule has 48 heavy (non-hydrogen) atoms. The molecule has 5 N–H and O–H groups in total. The van der Waals surface area contributed by atoms with E-state index in [1.165, 1.54) is 13.2 Å². The van der Waals surface area contributed by atoms with Crippen molar-refractivity contribution in [2.24, 2.45) is 28.1 Å². The number of methoxy groups -OCH3 is 1. The molecule has 2 aliphatic carbocycles. The van der Waals surface area contributed by atoms with Crippen LogP contribution in [-0.2, 0) is 19.1 Å². The van der Waals surface area contributed by atoms with E-state index in [1.807, 2.05) is 13.8 Å². The smallest absolute Gasteiger partial charge is 0.184 e. The Morgan fingerprint density at radius 1 is 1.02 bits per heavy atom. The lowest BCUT2D eigenvalue weighted by Crippen LogP contribution is -2.70. The molecule has 2 aliphatic rings. The van der Waals surface area contributed by atoms with E-state index in [9.17, 15) is 25.5 Å². The van der Waals surface area contributed by atoms with E-state index < -0.39 is 86.1 Å². The Morgan fingerprint density at radius 2 is 1.62 bits per heavy atom. The maximum absolute atomic E-state index is 15.3. The highest BCUT2D eigenvalue weighted by atomic mass is 16.5. The van der Waals surface area contributed by atoms with Gasteiger partial charge in [0, 0.05) is 12.7 Å². The number of aliphatic hydroxyl groups excluding tert-OH is 3. The fourth-order valence-electron chi connectivity index (χ4n) is 7.49. The van der Waals surface area contributed by atoms with E-state index in [0.29, 0.717) is 11.1 Å². The first-order valence-corrected chi connectivity index (χ1v) is 16.5. The summed E-state index contributed by atoms with van der Waals surface area (Å²) in [5.74, 6) is -5.06. The van der Waals surface area contributed by atoms with Crippen LogP contribution in [0.4, 0.5) is 0 Å². The molecule has 3 rings (SSSR count). The second-order valence-corrected chi connectivity index (χ2v) is 15.4. The summed E-state index contributed by atoms with van der Waals surface area (Å²) in [6.07, 6.45) is -0.122. The first-order valence-electron chi connectivity index (χ1n) is 16.5. The van der Waals surface area contributed by atoms with Gasteiger partial charge in [0.05, 0.1) is 23.2 Å². The molecule has 9 heteroatoms. The second kappa shape index (κ2) is 13.8. The van der Waals surface area contributed by atoms with Crippen molar-refractivity contribution in [3.05, 3.63) is 65.3 Å². The number of hydrogen-bond donors (Lipinski definition) is 5. The normalized spacial score (nSPS) is 26.8. The van der Waals surface area contributed by atoms with Crippen molar-refractivity contribution in [1.82, 2.24) is 0 Å². The number of carbonyl (C=O) groups excluding carboxylic acids is 3. The Labute approximate surface area is 284 Å². The Bertz CT molecular complexity index is 1560. The second-order valence-electron chi connectivity index (χ2n) is 15.4. The Hall–Kier alpha value is -3.53. The van der Waals surface area contributed by atoms with Crippen LogP contribution in [0.25, 0.3) is 5.76 Å². The third-order valence-corrected chi connectivity index (χ3v) is 11.3. The molecular formula is C39H54O9. The Kier molecular flexibility index (Phi) is 11.2. The van der Waals surface area contributed by atoms with Crippen molar-refractivity contribution in [2.75, 3.05) is 7.11 Å². The first-order chi connectivity index (χ1) is 22.0. The number of fused-ring (bicyclic) bond motifs is 2. The van der Waals surface area contributed by atoms with Gasteiger partial charge in [-0.25, -0.2) is 0 Å². The van der Waals surface area contributed by atoms with E-state index in [4.69, 9.17) is 4.74 Å². The number of phenols is 2. The SMILES string of the molecule is C=C(C)C(O)CC(C[C@@]12C[C@@H](C[C@H](O)C(C)(C)OC)C(C)(C)[C@@](CC=C(C)C)(C(=O)/C(=C(\O)c3ccc(O)c(O)c3)C1=O)C2=O)C(=C)C. The van der Waals surface area contributed by atoms with Gasteiger partial charge >= 0.3 is 0 Å². The number of aromatic hydroxyl groups is 2. The van der Waals surface area contributed by atoms with Crippen molar-refractivity contribution in [3.63, 3.8) is 0 Å². The lowest BCUT2D eigenvalue weighted by molar-refractivity contribution is -0.181. The maximum atomic E-state index is 15.3. The van der Waals surface area contributed by atoms with E-state index in [2.05, 4.69) is 13.2 Å². The van der Waals surface area contributed by atoms with Crippen LogP contribution in [0.2, 0.25) is 0 Å². The number of allylic oxidation sites excluding steroid dienone is 4. The quantitative estimate of drug-likeness (QED) is 0.0393. The van der Waals surface area contributed by atoms with Gasteiger partial charge in [-0.2, -0.15) is 0 Å². The number of Topliss-reactive ketones (excluding diaryl/α,β-unsaturated/α-hetero) is 3. The average Bonchev–Trinajstić information content (AvgIpc) is 2.99. The van der Waals surface area contributed by atoms with Crippen molar-refractivity contribution in [1.29, 1.82) is 0 Å². The molecule has 2 unspecified atom stereocenters. The third-order valence-electron chi connectivity index (χ3n) is 11.3. The van der Waals surface area contributed by atoms with Gasteiger partial charge in [0.1, 0.15) is 16.7 Å². The fourth-order valence-corrected chi connectivity index (χ4v) is 7.49. The number of hydrogen-bond acceptors (Lipinski definition) is 9. The number of ketones is 3. The predicted molar refractivity (Wildman–Crippen MR) is 185 cm³/mol. The van der Waals surface area contributed by atoms with E-state index >= 15 is 14.4 Å². The minimum atomic E-state index is -1.85. The zero-order valence-electron chi connectivity index (χ0n) is 29.9. The third kappa shape index (κ3) is 6.57. The summed E-state index contributed by atoms with van der Waals surface area (Å²) >= 11 is 0. The van der Waals surface area contributed by atoms with Gasteiger partial charge in [0.15, 0.2) is 28.8 Å². The molecule has 0 saturated heterocycles. The van der Waals surface area contributed by atoms with Gasteiger partial charge in [-0.1, -0.05) is 49.8 Å². The molecule has 0 spiro atoms. The molecule has 6 atom stereocenters. The standard InChI is InChI=1S/C39H54O9/c1-21(2)14-15-39-34(46)31(32(44)24-12-13-27(40)29(42)16-24)33(45)38(35(39)47,19-25(22(3)4)17-28(41)23(5)6)20-26(36(39,7)8)18-30(43)37(9,10)48-11/h12-14,16,25-26,28,30,40-44H,3,5,15,17-20H2,1-2,4,6-11H3/b32-31-/t25?,26-,28?,30+,38-,39+/m1/s1. The van der Waals surface area contributed by atoms with Crippen LogP contribution in [0.3, 0.4) is 0 Å². The summed E-state index contributed by atoms with van der Waals surface area (Å²) in [6.45, 7) is 22.2. The molecule has 0 amide bonds. The highest BCUT2D eigenvalue weighted by Crippen LogP contribution is 2.66. The number of aliphatic hydroxyl groups is 3. The monoisotopic (exact) mass is 666 g/mol. The minimum Gasteiger partial charge on any atom is -0.506 e. The lowest BCUT2D eigenvalue weighted by Gasteiger charge is -2.61. The number of carbonyl (C=O) groups is 3. The molecule has 2 saturated carbocycles.